The first-order chi connectivity index (χ1) is 6.68. The smallest absolute Gasteiger partial charge is 0.320 e. The van der Waals surface area contributed by atoms with Gasteiger partial charge in [0.25, 0.3) is 5.22 Å². The van der Waals surface area contributed by atoms with Gasteiger partial charge < -0.3 is 4.42 Å². The summed E-state index contributed by atoms with van der Waals surface area (Å²) in [5.41, 5.74) is 0.785. The van der Waals surface area contributed by atoms with Crippen LogP contribution in [0.3, 0.4) is 0 Å². The molecule has 3 nitrogen and oxygen atoms in total. The second-order valence-corrected chi connectivity index (χ2v) is 3.81. The van der Waals surface area contributed by atoms with Gasteiger partial charge in [-0.3, -0.25) is 0 Å². The van der Waals surface area contributed by atoms with Crippen molar-refractivity contribution in [2.24, 2.45) is 0 Å². The van der Waals surface area contributed by atoms with Crippen LogP contribution >= 0.6 is 0 Å². The zero-order chi connectivity index (χ0) is 10.1. The number of alkyl halides is 2. The van der Waals surface area contributed by atoms with Crippen molar-refractivity contribution in [3.05, 3.63) is 24.3 Å². The first-order valence-electron chi connectivity index (χ1n) is 3.73. The molecule has 6 heteroatoms. The number of para-hydroxylation sites is 2. The van der Waals surface area contributed by atoms with E-state index in [2.05, 4.69) is 4.98 Å². The fourth-order valence-corrected chi connectivity index (χ4v) is 1.53. The fourth-order valence-electron chi connectivity index (χ4n) is 1.01. The fraction of sp³-hybridized carbons (Fsp3) is 0.125. The number of hydrogen-bond donors (Lipinski definition) is 0. The van der Waals surface area contributed by atoms with Gasteiger partial charge in [-0.25, -0.2) is 9.19 Å². The number of hydrogen-bond acceptors (Lipinski definition) is 3. The number of fused-ring (bicyclic) bond motifs is 1. The van der Waals surface area contributed by atoms with Gasteiger partial charge in [-0.15, -0.1) is 0 Å². The van der Waals surface area contributed by atoms with Gasteiger partial charge >= 0.3 is 5.76 Å². The van der Waals surface area contributed by atoms with Crippen LogP contribution < -0.4 is 0 Å². The van der Waals surface area contributed by atoms with Gasteiger partial charge in [-0.2, -0.15) is 8.78 Å². The monoisotopic (exact) mass is 217 g/mol. The summed E-state index contributed by atoms with van der Waals surface area (Å²) in [7, 11) is -2.48. The first-order valence-corrected chi connectivity index (χ1v) is 4.94. The van der Waals surface area contributed by atoms with E-state index in [0.29, 0.717) is 11.1 Å². The largest absolute Gasteiger partial charge is 0.429 e. The molecule has 0 aliphatic heterocycles. The maximum Gasteiger partial charge on any atom is 0.320 e. The molecule has 0 aliphatic rings. The van der Waals surface area contributed by atoms with Crippen molar-refractivity contribution in [2.75, 3.05) is 0 Å². The summed E-state index contributed by atoms with van der Waals surface area (Å²) in [5, 5.41) is -0.429. The van der Waals surface area contributed by atoms with Crippen LogP contribution in [0, 0.1) is 0 Å². The van der Waals surface area contributed by atoms with Gasteiger partial charge in [0.15, 0.2) is 16.4 Å². The molecule has 0 aliphatic carbocycles. The van der Waals surface area contributed by atoms with E-state index in [1.54, 1.807) is 24.3 Å². The van der Waals surface area contributed by atoms with E-state index >= 15 is 0 Å². The van der Waals surface area contributed by atoms with Gasteiger partial charge in [0.2, 0.25) is 0 Å². The van der Waals surface area contributed by atoms with Crippen molar-refractivity contribution < 1.29 is 17.4 Å². The average molecular weight is 217 g/mol. The Morgan fingerprint density at radius 2 is 2.07 bits per heavy atom. The summed E-state index contributed by atoms with van der Waals surface area (Å²) in [6.45, 7) is 0. The Hall–Kier alpha value is -1.30. The highest BCUT2D eigenvalue weighted by molar-refractivity contribution is 7.85. The van der Waals surface area contributed by atoms with Gasteiger partial charge in [0.05, 0.1) is 0 Å². The summed E-state index contributed by atoms with van der Waals surface area (Å²) in [6, 6.07) is 6.56. The summed E-state index contributed by atoms with van der Waals surface area (Å²) in [4.78, 5) is 3.69. The molecule has 0 amide bonds. The Morgan fingerprint density at radius 1 is 1.36 bits per heavy atom. The molecule has 1 aromatic heterocycles. The second kappa shape index (κ2) is 3.45. The molecule has 0 saturated carbocycles. The number of rotatable bonds is 2. The number of halogens is 2. The number of oxazole rings is 1. The van der Waals surface area contributed by atoms with Gasteiger partial charge in [-0.05, 0) is 12.1 Å². The Morgan fingerprint density at radius 3 is 2.71 bits per heavy atom. The molecule has 2 aromatic rings. The first kappa shape index (κ1) is 9.26. The lowest BCUT2D eigenvalue weighted by molar-refractivity contribution is 0.240. The van der Waals surface area contributed by atoms with E-state index in [0.717, 1.165) is 0 Å². The van der Waals surface area contributed by atoms with Crippen molar-refractivity contribution in [1.82, 2.24) is 4.98 Å². The van der Waals surface area contributed by atoms with Gasteiger partial charge in [0, 0.05) is 0 Å². The van der Waals surface area contributed by atoms with Gasteiger partial charge in [0.1, 0.15) is 5.52 Å². The van der Waals surface area contributed by atoms with Crippen LogP contribution in [0.4, 0.5) is 8.78 Å². The molecular weight excluding hydrogens is 212 g/mol. The minimum atomic E-state index is -2.97. The van der Waals surface area contributed by atoms with Crippen LogP contribution in [0.2, 0.25) is 0 Å². The summed E-state index contributed by atoms with van der Waals surface area (Å²) < 4.78 is 39.9. The zero-order valence-corrected chi connectivity index (χ0v) is 7.63. The Bertz CT molecular complexity index is 450. The molecule has 1 heterocycles. The average Bonchev–Trinajstić information content (AvgIpc) is 2.59. The molecule has 2 rings (SSSR count). The Labute approximate surface area is 80.2 Å². The van der Waals surface area contributed by atoms with Crippen LogP contribution in [-0.2, 0) is 10.8 Å². The van der Waals surface area contributed by atoms with E-state index < -0.39 is 21.8 Å². The van der Waals surface area contributed by atoms with E-state index in [1.807, 2.05) is 0 Å². The lowest BCUT2D eigenvalue weighted by atomic mass is 10.3. The Kier molecular flexibility index (Phi) is 2.28. The summed E-state index contributed by atoms with van der Waals surface area (Å²) in [5.74, 6) is -2.97. The quantitative estimate of drug-likeness (QED) is 0.774. The number of aromatic nitrogens is 1. The topological polar surface area (TPSA) is 43.1 Å². The highest BCUT2D eigenvalue weighted by atomic mass is 32.2. The third-order valence-electron chi connectivity index (χ3n) is 1.61. The molecule has 0 bridgehead atoms. The van der Waals surface area contributed by atoms with E-state index in [9.17, 15) is 13.0 Å². The molecule has 0 radical (unpaired) electrons. The van der Waals surface area contributed by atoms with Crippen molar-refractivity contribution >= 4 is 21.9 Å². The summed E-state index contributed by atoms with van der Waals surface area (Å²) >= 11 is 0. The van der Waals surface area contributed by atoms with Crippen LogP contribution in [0.5, 0.6) is 0 Å². The molecule has 74 valence electrons. The Balaban J connectivity index is 2.50. The third kappa shape index (κ3) is 1.52. The normalized spacial score (nSPS) is 13.6. The molecule has 1 unspecified atom stereocenters. The summed E-state index contributed by atoms with van der Waals surface area (Å²) in [6.07, 6.45) is 0. The predicted molar refractivity (Wildman–Crippen MR) is 46.4 cm³/mol. The van der Waals surface area contributed by atoms with Crippen LogP contribution in [-0.4, -0.2) is 15.0 Å². The van der Waals surface area contributed by atoms with Crippen molar-refractivity contribution in [2.45, 2.75) is 11.0 Å². The van der Waals surface area contributed by atoms with Crippen LogP contribution in [0.1, 0.15) is 0 Å². The minimum Gasteiger partial charge on any atom is -0.429 e. The molecule has 0 spiro atoms. The third-order valence-corrected chi connectivity index (χ3v) is 2.45. The maximum absolute atomic E-state index is 12.0. The highest BCUT2D eigenvalue weighted by Gasteiger charge is 2.21. The molecule has 1 atom stereocenters. The molecule has 0 saturated heterocycles. The molecule has 14 heavy (non-hydrogen) atoms. The van der Waals surface area contributed by atoms with E-state index in [1.165, 1.54) is 0 Å². The molecular formula is C8H5F2NO2S. The number of benzene rings is 1. The van der Waals surface area contributed by atoms with E-state index in [4.69, 9.17) is 4.42 Å². The molecule has 1 aromatic carbocycles. The minimum absolute atomic E-state index is 0.358. The van der Waals surface area contributed by atoms with Crippen molar-refractivity contribution in [1.29, 1.82) is 0 Å². The highest BCUT2D eigenvalue weighted by Crippen LogP contribution is 2.19. The van der Waals surface area contributed by atoms with Crippen LogP contribution in [0.15, 0.2) is 33.9 Å². The zero-order valence-electron chi connectivity index (χ0n) is 6.81. The lowest BCUT2D eigenvalue weighted by Gasteiger charge is -1.91. The number of nitrogens with zero attached hydrogens (tertiary/aromatic N) is 1. The maximum atomic E-state index is 12.0. The standard InChI is InChI=1S/C8H5F2NO2S/c9-7(10)14(12)8-11-5-3-1-2-4-6(5)13-8/h1-4,7H. The van der Waals surface area contributed by atoms with Crippen LogP contribution in [0.25, 0.3) is 11.1 Å². The van der Waals surface area contributed by atoms with E-state index in [-0.39, 0.29) is 0 Å². The molecule has 0 N–H and O–H groups in total. The van der Waals surface area contributed by atoms with Gasteiger partial charge in [-0.1, -0.05) is 12.1 Å². The second-order valence-electron chi connectivity index (χ2n) is 2.51. The predicted octanol–water partition coefficient (Wildman–Crippen LogP) is 2.16. The molecule has 0 fully saturated rings. The SMILES string of the molecule is O=S(c1nc2ccccc2o1)C(F)F. The van der Waals surface area contributed by atoms with Crippen molar-refractivity contribution in [3.8, 4) is 0 Å². The lowest BCUT2D eigenvalue weighted by Crippen LogP contribution is -2.02. The van der Waals surface area contributed by atoms with Crippen molar-refractivity contribution in [3.63, 3.8) is 0 Å².